The number of primary sulfonamides is 1. The minimum atomic E-state index is -3.52. The molecule has 6 heteroatoms. The van der Waals surface area contributed by atoms with Crippen LogP contribution in [0.25, 0.3) is 0 Å². The predicted molar refractivity (Wildman–Crippen MR) is 38.9 cm³/mol. The van der Waals surface area contributed by atoms with Gasteiger partial charge in [0.15, 0.2) is 0 Å². The van der Waals surface area contributed by atoms with Crippen LogP contribution in [0.3, 0.4) is 0 Å². The lowest BCUT2D eigenvalue weighted by atomic mass is 9.86. The molecule has 5 nitrogen and oxygen atoms in total. The largest absolute Gasteiger partial charge is 0.313 e. The van der Waals surface area contributed by atoms with Crippen molar-refractivity contribution in [3.63, 3.8) is 0 Å². The second kappa shape index (κ2) is 2.44. The van der Waals surface area contributed by atoms with E-state index in [2.05, 4.69) is 5.32 Å². The van der Waals surface area contributed by atoms with Crippen molar-refractivity contribution in [3.05, 3.63) is 0 Å². The van der Waals surface area contributed by atoms with Gasteiger partial charge in [-0.05, 0) is 0 Å². The van der Waals surface area contributed by atoms with E-state index in [0.29, 0.717) is 13.1 Å². The zero-order valence-electron chi connectivity index (χ0n) is 5.87. The molecule has 1 fully saturated rings. The fourth-order valence-electron chi connectivity index (χ4n) is 1.03. The van der Waals surface area contributed by atoms with Gasteiger partial charge in [-0.3, -0.25) is 0 Å². The van der Waals surface area contributed by atoms with Crippen LogP contribution in [0.15, 0.2) is 0 Å². The second-order valence-electron chi connectivity index (χ2n) is 2.80. The maximum atomic E-state index is 10.6. The van der Waals surface area contributed by atoms with Crippen LogP contribution in [0.1, 0.15) is 0 Å². The highest BCUT2D eigenvalue weighted by Gasteiger charge is 2.40. The Morgan fingerprint density at radius 3 is 2.27 bits per heavy atom. The lowest BCUT2D eigenvalue weighted by molar-refractivity contribution is 0.282. The molecule has 0 spiro atoms. The van der Waals surface area contributed by atoms with Gasteiger partial charge in [-0.2, -0.15) is 5.26 Å². The summed E-state index contributed by atoms with van der Waals surface area (Å²) in [6.45, 7) is 0.833. The van der Waals surface area contributed by atoms with Gasteiger partial charge in [0, 0.05) is 13.1 Å². The van der Waals surface area contributed by atoms with Crippen LogP contribution < -0.4 is 10.5 Å². The number of nitrogens with two attached hydrogens (primary N) is 1. The van der Waals surface area contributed by atoms with Gasteiger partial charge in [0.25, 0.3) is 0 Å². The van der Waals surface area contributed by atoms with Crippen molar-refractivity contribution < 1.29 is 8.42 Å². The summed E-state index contributed by atoms with van der Waals surface area (Å²) in [6.07, 6.45) is 0. The maximum absolute atomic E-state index is 10.6. The first-order valence-electron chi connectivity index (χ1n) is 3.10. The summed E-state index contributed by atoms with van der Waals surface area (Å²) in [4.78, 5) is 0. The fraction of sp³-hybridized carbons (Fsp3) is 0.800. The van der Waals surface area contributed by atoms with Crippen LogP contribution in [0.5, 0.6) is 0 Å². The Kier molecular flexibility index (Phi) is 1.88. The topological polar surface area (TPSA) is 96.0 Å². The summed E-state index contributed by atoms with van der Waals surface area (Å²) in [5.74, 6) is -0.247. The molecule has 0 aromatic heterocycles. The summed E-state index contributed by atoms with van der Waals surface area (Å²) in [5.41, 5.74) is -0.770. The van der Waals surface area contributed by atoms with E-state index in [0.717, 1.165) is 0 Å². The number of rotatable bonds is 2. The molecule has 0 radical (unpaired) electrons. The van der Waals surface area contributed by atoms with Gasteiger partial charge >= 0.3 is 0 Å². The molecule has 0 aromatic carbocycles. The number of nitrogens with one attached hydrogen (secondary N) is 1. The number of hydrogen-bond acceptors (Lipinski definition) is 4. The molecule has 1 saturated heterocycles. The zero-order chi connectivity index (χ0) is 8.54. The van der Waals surface area contributed by atoms with Crippen molar-refractivity contribution in [1.29, 1.82) is 5.26 Å². The summed E-state index contributed by atoms with van der Waals surface area (Å²) in [7, 11) is -3.52. The van der Waals surface area contributed by atoms with Crippen LogP contribution in [-0.4, -0.2) is 27.3 Å². The van der Waals surface area contributed by atoms with Crippen molar-refractivity contribution in [2.45, 2.75) is 0 Å². The van der Waals surface area contributed by atoms with Crippen LogP contribution in [0.4, 0.5) is 0 Å². The second-order valence-corrected chi connectivity index (χ2v) is 4.42. The first-order valence-corrected chi connectivity index (χ1v) is 4.81. The highest BCUT2D eigenvalue weighted by atomic mass is 32.2. The zero-order valence-corrected chi connectivity index (χ0v) is 6.69. The molecule has 1 aliphatic rings. The summed E-state index contributed by atoms with van der Waals surface area (Å²) in [6, 6.07) is 1.95. The first kappa shape index (κ1) is 8.46. The van der Waals surface area contributed by atoms with Gasteiger partial charge in [0.05, 0.1) is 17.2 Å². The molecular weight excluding hydrogens is 166 g/mol. The quantitative estimate of drug-likeness (QED) is 0.527. The van der Waals surface area contributed by atoms with E-state index in [1.54, 1.807) is 0 Å². The molecule has 0 unspecified atom stereocenters. The number of hydrogen-bond donors (Lipinski definition) is 2. The first-order chi connectivity index (χ1) is 4.97. The molecule has 0 aliphatic carbocycles. The standard InChI is InChI=1S/C5H9N3O2S/c6-1-5(2-8-3-5)4-11(7,9)10/h8H,2-4H2,(H2,7,9,10). The van der Waals surface area contributed by atoms with Gasteiger partial charge in [-0.25, -0.2) is 13.6 Å². The van der Waals surface area contributed by atoms with Crippen LogP contribution >= 0.6 is 0 Å². The Bertz CT molecular complexity index is 285. The molecule has 0 amide bonds. The summed E-state index contributed by atoms with van der Waals surface area (Å²) in [5, 5.41) is 16.2. The Morgan fingerprint density at radius 1 is 1.64 bits per heavy atom. The van der Waals surface area contributed by atoms with E-state index in [4.69, 9.17) is 10.4 Å². The van der Waals surface area contributed by atoms with Gasteiger partial charge in [-0.1, -0.05) is 0 Å². The minimum Gasteiger partial charge on any atom is -0.313 e. The fourth-order valence-corrected chi connectivity index (χ4v) is 2.06. The number of sulfonamides is 1. The smallest absolute Gasteiger partial charge is 0.210 e. The van der Waals surface area contributed by atoms with Crippen molar-refractivity contribution in [3.8, 4) is 6.07 Å². The lowest BCUT2D eigenvalue weighted by Crippen LogP contribution is -2.56. The molecule has 11 heavy (non-hydrogen) atoms. The average Bonchev–Trinajstić information content (AvgIpc) is 1.77. The number of nitrogens with zero attached hydrogens (tertiary/aromatic N) is 1. The number of nitriles is 1. The van der Waals surface area contributed by atoms with Crippen molar-refractivity contribution in [2.24, 2.45) is 10.6 Å². The molecule has 0 aromatic rings. The van der Waals surface area contributed by atoms with Crippen molar-refractivity contribution >= 4 is 10.0 Å². The van der Waals surface area contributed by atoms with Gasteiger partial charge in [0.1, 0.15) is 0 Å². The molecule has 0 atom stereocenters. The average molecular weight is 175 g/mol. The third kappa shape index (κ3) is 1.89. The lowest BCUT2D eigenvalue weighted by Gasteiger charge is -2.34. The predicted octanol–water partition coefficient (Wildman–Crippen LogP) is -1.61. The van der Waals surface area contributed by atoms with E-state index in [1.807, 2.05) is 6.07 Å². The van der Waals surface area contributed by atoms with Gasteiger partial charge in [0.2, 0.25) is 10.0 Å². The molecule has 0 saturated carbocycles. The Morgan fingerprint density at radius 2 is 2.18 bits per heavy atom. The Labute approximate surface area is 65.2 Å². The molecule has 1 rings (SSSR count). The maximum Gasteiger partial charge on any atom is 0.210 e. The summed E-state index contributed by atoms with van der Waals surface area (Å²) >= 11 is 0. The van der Waals surface area contributed by atoms with E-state index < -0.39 is 15.4 Å². The normalized spacial score (nSPS) is 21.8. The van der Waals surface area contributed by atoms with E-state index >= 15 is 0 Å². The van der Waals surface area contributed by atoms with E-state index in [1.165, 1.54) is 0 Å². The monoisotopic (exact) mass is 175 g/mol. The molecule has 1 aliphatic heterocycles. The molecular formula is C5H9N3O2S. The van der Waals surface area contributed by atoms with Gasteiger partial charge in [-0.15, -0.1) is 0 Å². The van der Waals surface area contributed by atoms with Crippen LogP contribution in [-0.2, 0) is 10.0 Å². The molecule has 62 valence electrons. The molecule has 1 heterocycles. The van der Waals surface area contributed by atoms with Crippen molar-refractivity contribution in [1.82, 2.24) is 5.32 Å². The highest BCUT2D eigenvalue weighted by Crippen LogP contribution is 2.22. The van der Waals surface area contributed by atoms with Gasteiger partial charge < -0.3 is 5.32 Å². The van der Waals surface area contributed by atoms with E-state index in [9.17, 15) is 8.42 Å². The Hall–Kier alpha value is -0.640. The third-order valence-electron chi connectivity index (χ3n) is 1.64. The van der Waals surface area contributed by atoms with Crippen molar-refractivity contribution in [2.75, 3.05) is 18.8 Å². The third-order valence-corrected chi connectivity index (χ3v) is 2.60. The minimum absolute atomic E-state index is 0.247. The van der Waals surface area contributed by atoms with Crippen LogP contribution in [0, 0.1) is 16.7 Å². The Balaban J connectivity index is 2.69. The highest BCUT2D eigenvalue weighted by molar-refractivity contribution is 7.89. The summed E-state index contributed by atoms with van der Waals surface area (Å²) < 4.78 is 21.2. The SMILES string of the molecule is N#CC1(CS(N)(=O)=O)CNC1. The van der Waals surface area contributed by atoms with Crippen LogP contribution in [0.2, 0.25) is 0 Å². The van der Waals surface area contributed by atoms with E-state index in [-0.39, 0.29) is 5.75 Å². The molecule has 3 N–H and O–H groups in total. The molecule has 0 bridgehead atoms.